The zero-order valence-corrected chi connectivity index (χ0v) is 15.8. The fraction of sp³-hybridized carbons (Fsp3) is 0.550. The maximum atomic E-state index is 12.5. The molecule has 1 fully saturated rings. The van der Waals surface area contributed by atoms with Gasteiger partial charge >= 0.3 is 5.97 Å². The summed E-state index contributed by atoms with van der Waals surface area (Å²) in [5.74, 6) is -0.103. The first-order valence-electron chi connectivity index (χ1n) is 9.20. The second-order valence-corrected chi connectivity index (χ2v) is 6.87. The smallest absolute Gasteiger partial charge is 0.328 e. The molecule has 1 amide bonds. The molecule has 0 aliphatic carbocycles. The number of amides is 1. The van der Waals surface area contributed by atoms with E-state index in [2.05, 4.69) is 10.2 Å². The minimum atomic E-state index is -0.643. The predicted molar refractivity (Wildman–Crippen MR) is 100 cm³/mol. The third kappa shape index (κ3) is 5.31. The lowest BCUT2D eigenvalue weighted by molar-refractivity contribution is -0.143. The van der Waals surface area contributed by atoms with Gasteiger partial charge in [-0.3, -0.25) is 9.59 Å². The van der Waals surface area contributed by atoms with E-state index in [1.54, 1.807) is 12.1 Å². The number of carbonyl (C=O) groups excluding carboxylic acids is 3. The van der Waals surface area contributed by atoms with Gasteiger partial charge in [-0.25, -0.2) is 4.79 Å². The van der Waals surface area contributed by atoms with Crippen LogP contribution in [0.25, 0.3) is 0 Å². The van der Waals surface area contributed by atoms with Crippen molar-refractivity contribution in [2.24, 2.45) is 5.92 Å². The molecule has 6 nitrogen and oxygen atoms in total. The largest absolute Gasteiger partial charge is 0.467 e. The first kappa shape index (κ1) is 19.9. The van der Waals surface area contributed by atoms with Crippen molar-refractivity contribution >= 4 is 23.3 Å². The number of piperidine rings is 1. The van der Waals surface area contributed by atoms with Crippen molar-refractivity contribution in [3.63, 3.8) is 0 Å². The highest BCUT2D eigenvalue weighted by Gasteiger charge is 2.24. The Bertz CT molecular complexity index is 632. The number of ether oxygens (including phenoxy) is 1. The minimum absolute atomic E-state index is 0.288. The normalized spacial score (nSPS) is 16.7. The Kier molecular flexibility index (Phi) is 7.18. The summed E-state index contributed by atoms with van der Waals surface area (Å²) in [6, 6.07) is 6.62. The Morgan fingerprint density at radius 3 is 2.35 bits per heavy atom. The van der Waals surface area contributed by atoms with Gasteiger partial charge in [0.15, 0.2) is 0 Å². The fourth-order valence-corrected chi connectivity index (χ4v) is 3.00. The molecule has 1 aromatic rings. The van der Waals surface area contributed by atoms with Gasteiger partial charge < -0.3 is 15.0 Å². The monoisotopic (exact) mass is 360 g/mol. The molecule has 0 aromatic heterocycles. The third-order valence-corrected chi connectivity index (χ3v) is 4.94. The lowest BCUT2D eigenvalue weighted by Gasteiger charge is -2.28. The number of anilines is 1. The van der Waals surface area contributed by atoms with E-state index >= 15 is 0 Å². The molecule has 1 aliphatic rings. The quantitative estimate of drug-likeness (QED) is 0.757. The standard InChI is InChI=1S/C20H28N2O4/c1-4-14(2)13-18(20(25)26-3)21-19(24)15-5-7-16(8-6-15)22-11-9-17(23)10-12-22/h5-8,14,18H,4,9-13H2,1-3H3,(H,21,24). The van der Waals surface area contributed by atoms with Crippen LogP contribution in [0.2, 0.25) is 0 Å². The van der Waals surface area contributed by atoms with Crippen LogP contribution in [0.1, 0.15) is 49.9 Å². The molecule has 0 spiro atoms. The molecule has 0 bridgehead atoms. The number of carbonyl (C=O) groups is 3. The molecule has 2 unspecified atom stereocenters. The van der Waals surface area contributed by atoms with E-state index in [9.17, 15) is 14.4 Å². The third-order valence-electron chi connectivity index (χ3n) is 4.94. The lowest BCUT2D eigenvalue weighted by atomic mass is 9.99. The van der Waals surface area contributed by atoms with Crippen LogP contribution in [0.3, 0.4) is 0 Å². The number of Topliss-reactive ketones (excluding diaryl/α,β-unsaturated/α-hetero) is 1. The molecule has 26 heavy (non-hydrogen) atoms. The number of nitrogens with one attached hydrogen (secondary N) is 1. The zero-order chi connectivity index (χ0) is 19.1. The maximum absolute atomic E-state index is 12.5. The van der Waals surface area contributed by atoms with Crippen molar-refractivity contribution < 1.29 is 19.1 Å². The molecule has 0 radical (unpaired) electrons. The summed E-state index contributed by atoms with van der Waals surface area (Å²) in [4.78, 5) is 37.9. The van der Waals surface area contributed by atoms with E-state index < -0.39 is 12.0 Å². The summed E-state index contributed by atoms with van der Waals surface area (Å²) in [5.41, 5.74) is 1.50. The van der Waals surface area contributed by atoms with Gasteiger partial charge in [0.05, 0.1) is 7.11 Å². The predicted octanol–water partition coefficient (Wildman–Crippen LogP) is 2.56. The Labute approximate surface area is 154 Å². The molecular formula is C20H28N2O4. The van der Waals surface area contributed by atoms with Gasteiger partial charge in [-0.1, -0.05) is 20.3 Å². The SMILES string of the molecule is CCC(C)CC(NC(=O)c1ccc(N2CCC(=O)CC2)cc1)C(=O)OC. The van der Waals surface area contributed by atoms with Crippen molar-refractivity contribution in [3.05, 3.63) is 29.8 Å². The molecule has 1 aromatic carbocycles. The number of benzene rings is 1. The van der Waals surface area contributed by atoms with Crippen LogP contribution in [0, 0.1) is 5.92 Å². The van der Waals surface area contributed by atoms with Gasteiger partial charge in [-0.05, 0) is 36.6 Å². The number of nitrogens with zero attached hydrogens (tertiary/aromatic N) is 1. The average molecular weight is 360 g/mol. The molecular weight excluding hydrogens is 332 g/mol. The summed E-state index contributed by atoms with van der Waals surface area (Å²) >= 11 is 0. The summed E-state index contributed by atoms with van der Waals surface area (Å²) in [5, 5.41) is 2.78. The molecule has 1 aliphatic heterocycles. The van der Waals surface area contributed by atoms with Crippen LogP contribution in [-0.4, -0.2) is 43.9 Å². The van der Waals surface area contributed by atoms with Gasteiger partial charge in [-0.2, -0.15) is 0 Å². The van der Waals surface area contributed by atoms with Crippen LogP contribution in [0.15, 0.2) is 24.3 Å². The van der Waals surface area contributed by atoms with Gasteiger partial charge in [0, 0.05) is 37.2 Å². The van der Waals surface area contributed by atoms with Gasteiger partial charge in [0.1, 0.15) is 11.8 Å². The summed E-state index contributed by atoms with van der Waals surface area (Å²) in [6.07, 6.45) is 2.61. The Balaban J connectivity index is 2.01. The van der Waals surface area contributed by atoms with Crippen LogP contribution in [0.5, 0.6) is 0 Å². The highest BCUT2D eigenvalue weighted by Crippen LogP contribution is 2.19. The molecule has 2 atom stereocenters. The van der Waals surface area contributed by atoms with E-state index in [4.69, 9.17) is 4.74 Å². The van der Waals surface area contributed by atoms with Crippen LogP contribution < -0.4 is 10.2 Å². The number of hydrogen-bond acceptors (Lipinski definition) is 5. The Hall–Kier alpha value is -2.37. The van der Waals surface area contributed by atoms with Crippen molar-refractivity contribution in [3.8, 4) is 0 Å². The topological polar surface area (TPSA) is 75.7 Å². The Morgan fingerprint density at radius 2 is 1.81 bits per heavy atom. The van der Waals surface area contributed by atoms with Crippen molar-refractivity contribution in [2.75, 3.05) is 25.1 Å². The van der Waals surface area contributed by atoms with Crippen molar-refractivity contribution in [1.29, 1.82) is 0 Å². The summed E-state index contributed by atoms with van der Waals surface area (Å²) in [6.45, 7) is 5.52. The molecule has 0 saturated carbocycles. The minimum Gasteiger partial charge on any atom is -0.467 e. The molecule has 142 valence electrons. The summed E-state index contributed by atoms with van der Waals surface area (Å²) in [7, 11) is 1.33. The van der Waals surface area contributed by atoms with Crippen LogP contribution >= 0.6 is 0 Å². The molecule has 1 heterocycles. The first-order valence-corrected chi connectivity index (χ1v) is 9.20. The van der Waals surface area contributed by atoms with Crippen molar-refractivity contribution in [2.45, 2.75) is 45.6 Å². The van der Waals surface area contributed by atoms with E-state index in [0.717, 1.165) is 12.1 Å². The molecule has 2 rings (SSSR count). The van der Waals surface area contributed by atoms with Crippen LogP contribution in [0.4, 0.5) is 5.69 Å². The highest BCUT2D eigenvalue weighted by atomic mass is 16.5. The van der Waals surface area contributed by atoms with E-state index in [1.807, 2.05) is 26.0 Å². The maximum Gasteiger partial charge on any atom is 0.328 e. The average Bonchev–Trinajstić information content (AvgIpc) is 2.67. The van der Waals surface area contributed by atoms with Gasteiger partial charge in [0.25, 0.3) is 5.91 Å². The van der Waals surface area contributed by atoms with E-state index in [0.29, 0.717) is 49.6 Å². The van der Waals surface area contributed by atoms with E-state index in [-0.39, 0.29) is 5.91 Å². The molecule has 6 heteroatoms. The molecule has 1 N–H and O–H groups in total. The zero-order valence-electron chi connectivity index (χ0n) is 15.8. The second kappa shape index (κ2) is 9.36. The second-order valence-electron chi connectivity index (χ2n) is 6.87. The number of esters is 1. The van der Waals surface area contributed by atoms with E-state index in [1.165, 1.54) is 7.11 Å². The van der Waals surface area contributed by atoms with Gasteiger partial charge in [0.2, 0.25) is 0 Å². The summed E-state index contributed by atoms with van der Waals surface area (Å²) < 4.78 is 4.81. The highest BCUT2D eigenvalue weighted by molar-refractivity contribution is 5.97. The van der Waals surface area contributed by atoms with Crippen molar-refractivity contribution in [1.82, 2.24) is 5.32 Å². The first-order chi connectivity index (χ1) is 12.4. The number of ketones is 1. The van der Waals surface area contributed by atoms with Crippen LogP contribution in [-0.2, 0) is 14.3 Å². The fourth-order valence-electron chi connectivity index (χ4n) is 3.00. The molecule has 1 saturated heterocycles. The number of hydrogen-bond donors (Lipinski definition) is 1. The lowest BCUT2D eigenvalue weighted by Crippen LogP contribution is -2.42. The number of methoxy groups -OCH3 is 1. The Morgan fingerprint density at radius 1 is 1.19 bits per heavy atom. The number of rotatable bonds is 7. The van der Waals surface area contributed by atoms with Gasteiger partial charge in [-0.15, -0.1) is 0 Å².